The minimum Gasteiger partial charge on any atom is -0.388 e. The van der Waals surface area contributed by atoms with Crippen LogP contribution >= 0.6 is 0 Å². The highest BCUT2D eigenvalue weighted by atomic mass is 16.3. The van der Waals surface area contributed by atoms with Crippen LogP contribution < -0.4 is 0 Å². The lowest BCUT2D eigenvalue weighted by Crippen LogP contribution is -2.09. The summed E-state index contributed by atoms with van der Waals surface area (Å²) in [6.45, 7) is 4.28. The summed E-state index contributed by atoms with van der Waals surface area (Å²) in [4.78, 5) is 4.50. The zero-order chi connectivity index (χ0) is 13.4. The van der Waals surface area contributed by atoms with Gasteiger partial charge in [-0.15, -0.1) is 0 Å². The third kappa shape index (κ3) is 2.50. The van der Waals surface area contributed by atoms with Crippen LogP contribution in [0.25, 0.3) is 10.9 Å². The van der Waals surface area contributed by atoms with Crippen LogP contribution in [0.5, 0.6) is 0 Å². The predicted molar refractivity (Wildman–Crippen MR) is 77.9 cm³/mol. The number of pyridine rings is 1. The topological polar surface area (TPSA) is 33.1 Å². The van der Waals surface area contributed by atoms with Gasteiger partial charge in [0.1, 0.15) is 0 Å². The highest BCUT2D eigenvalue weighted by molar-refractivity contribution is 5.79. The van der Waals surface area contributed by atoms with E-state index < -0.39 is 0 Å². The van der Waals surface area contributed by atoms with Crippen LogP contribution in [0.3, 0.4) is 0 Å². The van der Waals surface area contributed by atoms with E-state index in [-0.39, 0.29) is 6.10 Å². The Hall–Kier alpha value is -1.41. The molecule has 0 amide bonds. The molecule has 19 heavy (non-hydrogen) atoms. The molecule has 3 unspecified atom stereocenters. The van der Waals surface area contributed by atoms with Gasteiger partial charge in [0.05, 0.1) is 11.6 Å². The second kappa shape index (κ2) is 4.93. The molecular formula is C17H21NO. The number of aryl methyl sites for hydroxylation is 1. The quantitative estimate of drug-likeness (QED) is 0.879. The molecule has 100 valence electrons. The maximum Gasteiger partial charge on any atom is 0.0818 e. The molecular weight excluding hydrogens is 234 g/mol. The summed E-state index contributed by atoms with van der Waals surface area (Å²) in [5, 5.41) is 11.7. The van der Waals surface area contributed by atoms with Crippen LogP contribution in [0, 0.1) is 18.8 Å². The first-order valence-corrected chi connectivity index (χ1v) is 7.19. The minimum atomic E-state index is -0.323. The fraction of sp³-hybridized carbons (Fsp3) is 0.471. The molecule has 0 bridgehead atoms. The van der Waals surface area contributed by atoms with Crippen LogP contribution in [-0.4, -0.2) is 10.1 Å². The summed E-state index contributed by atoms with van der Waals surface area (Å²) < 4.78 is 0. The van der Waals surface area contributed by atoms with Gasteiger partial charge in [-0.1, -0.05) is 25.5 Å². The smallest absolute Gasteiger partial charge is 0.0818 e. The Kier molecular flexibility index (Phi) is 3.28. The van der Waals surface area contributed by atoms with Gasteiger partial charge in [-0.2, -0.15) is 0 Å². The van der Waals surface area contributed by atoms with Crippen molar-refractivity contribution in [1.29, 1.82) is 0 Å². The van der Waals surface area contributed by atoms with Gasteiger partial charge < -0.3 is 5.11 Å². The second-order valence-corrected chi connectivity index (χ2v) is 6.03. The summed E-state index contributed by atoms with van der Waals surface area (Å²) in [6, 6.07) is 10.3. The largest absolute Gasteiger partial charge is 0.388 e. The number of hydrogen-bond acceptors (Lipinski definition) is 2. The van der Waals surface area contributed by atoms with E-state index in [0.29, 0.717) is 5.92 Å². The van der Waals surface area contributed by atoms with E-state index in [0.717, 1.165) is 40.9 Å². The lowest BCUT2D eigenvalue weighted by Gasteiger charge is -2.18. The van der Waals surface area contributed by atoms with E-state index in [9.17, 15) is 5.11 Å². The van der Waals surface area contributed by atoms with E-state index >= 15 is 0 Å². The van der Waals surface area contributed by atoms with Gasteiger partial charge in [-0.3, -0.25) is 4.98 Å². The lowest BCUT2D eigenvalue weighted by atomic mass is 9.93. The maximum atomic E-state index is 10.5. The van der Waals surface area contributed by atoms with Gasteiger partial charge >= 0.3 is 0 Å². The van der Waals surface area contributed by atoms with Gasteiger partial charge in [0, 0.05) is 11.1 Å². The van der Waals surface area contributed by atoms with E-state index in [1.165, 1.54) is 6.42 Å². The molecule has 1 saturated carbocycles. The van der Waals surface area contributed by atoms with Crippen LogP contribution in [-0.2, 0) is 0 Å². The molecule has 1 aromatic carbocycles. The van der Waals surface area contributed by atoms with Crippen LogP contribution in [0.1, 0.15) is 43.5 Å². The molecule has 1 aromatic heterocycles. The number of aromatic nitrogens is 1. The van der Waals surface area contributed by atoms with Gasteiger partial charge in [0.2, 0.25) is 0 Å². The first-order valence-electron chi connectivity index (χ1n) is 7.19. The van der Waals surface area contributed by atoms with Crippen molar-refractivity contribution in [3.8, 4) is 0 Å². The number of benzene rings is 1. The van der Waals surface area contributed by atoms with Crippen LogP contribution in [0.15, 0.2) is 30.3 Å². The van der Waals surface area contributed by atoms with Crippen molar-refractivity contribution in [2.75, 3.05) is 0 Å². The molecule has 0 spiro atoms. The predicted octanol–water partition coefficient (Wildman–Crippen LogP) is 4.01. The van der Waals surface area contributed by atoms with E-state index in [1.54, 1.807) is 0 Å². The Morgan fingerprint density at radius 2 is 2.05 bits per heavy atom. The second-order valence-electron chi connectivity index (χ2n) is 6.03. The third-order valence-electron chi connectivity index (χ3n) is 4.38. The lowest BCUT2D eigenvalue weighted by molar-refractivity contribution is 0.110. The molecule has 1 heterocycles. The number of fused-ring (bicyclic) bond motifs is 1. The molecule has 0 aliphatic heterocycles. The molecule has 1 fully saturated rings. The molecule has 2 nitrogen and oxygen atoms in total. The third-order valence-corrected chi connectivity index (χ3v) is 4.38. The highest BCUT2D eigenvalue weighted by Gasteiger charge is 2.28. The number of nitrogens with zero attached hydrogens (tertiary/aromatic N) is 1. The molecule has 1 N–H and O–H groups in total. The summed E-state index contributed by atoms with van der Waals surface area (Å²) in [5.41, 5.74) is 3.08. The standard InChI is InChI=1S/C17H21NO/c1-11-3-5-14(9-11)17(19)15-7-8-16-13(10-15)6-4-12(2)18-16/h4,6-8,10-11,14,17,19H,3,5,9H2,1-2H3. The molecule has 3 atom stereocenters. The van der Waals surface area contributed by atoms with Crippen molar-refractivity contribution in [2.45, 2.75) is 39.2 Å². The number of rotatable bonds is 2. The molecule has 3 rings (SSSR count). The van der Waals surface area contributed by atoms with Crippen molar-refractivity contribution < 1.29 is 5.11 Å². The highest BCUT2D eigenvalue weighted by Crippen LogP contribution is 2.39. The zero-order valence-electron chi connectivity index (χ0n) is 11.6. The molecule has 2 heteroatoms. The molecule has 0 saturated heterocycles. The Labute approximate surface area is 114 Å². The fourth-order valence-corrected chi connectivity index (χ4v) is 3.24. The Morgan fingerprint density at radius 3 is 2.79 bits per heavy atom. The number of aliphatic hydroxyl groups is 1. The first kappa shape index (κ1) is 12.6. The number of hydrogen-bond donors (Lipinski definition) is 1. The average Bonchev–Trinajstić information content (AvgIpc) is 2.84. The van der Waals surface area contributed by atoms with Gasteiger partial charge in [0.15, 0.2) is 0 Å². The molecule has 1 aliphatic carbocycles. The molecule has 1 aliphatic rings. The zero-order valence-corrected chi connectivity index (χ0v) is 11.6. The van der Waals surface area contributed by atoms with Crippen molar-refractivity contribution in [1.82, 2.24) is 4.98 Å². The van der Waals surface area contributed by atoms with Gasteiger partial charge in [-0.25, -0.2) is 0 Å². The maximum absolute atomic E-state index is 10.5. The van der Waals surface area contributed by atoms with Crippen molar-refractivity contribution >= 4 is 10.9 Å². The van der Waals surface area contributed by atoms with Crippen LogP contribution in [0.4, 0.5) is 0 Å². The van der Waals surface area contributed by atoms with E-state index in [4.69, 9.17) is 0 Å². The van der Waals surface area contributed by atoms with Crippen molar-refractivity contribution in [2.24, 2.45) is 11.8 Å². The minimum absolute atomic E-state index is 0.323. The Bertz CT molecular complexity index is 593. The molecule has 2 aromatic rings. The summed E-state index contributed by atoms with van der Waals surface area (Å²) >= 11 is 0. The SMILES string of the molecule is Cc1ccc2cc(C(O)C3CCC(C)C3)ccc2n1. The summed E-state index contributed by atoms with van der Waals surface area (Å²) in [6.07, 6.45) is 3.21. The first-order chi connectivity index (χ1) is 9.13. The average molecular weight is 255 g/mol. The Balaban J connectivity index is 1.90. The van der Waals surface area contributed by atoms with Crippen LogP contribution in [0.2, 0.25) is 0 Å². The monoisotopic (exact) mass is 255 g/mol. The van der Waals surface area contributed by atoms with Gasteiger partial charge in [0.25, 0.3) is 0 Å². The fourth-order valence-electron chi connectivity index (χ4n) is 3.24. The number of aliphatic hydroxyl groups excluding tert-OH is 1. The van der Waals surface area contributed by atoms with E-state index in [1.807, 2.05) is 25.1 Å². The van der Waals surface area contributed by atoms with Crippen molar-refractivity contribution in [3.63, 3.8) is 0 Å². The van der Waals surface area contributed by atoms with E-state index in [2.05, 4.69) is 24.0 Å². The summed E-state index contributed by atoms with van der Waals surface area (Å²) in [7, 11) is 0. The van der Waals surface area contributed by atoms with Gasteiger partial charge in [-0.05, 0) is 55.4 Å². The summed E-state index contributed by atoms with van der Waals surface area (Å²) in [5.74, 6) is 1.18. The molecule has 0 radical (unpaired) electrons. The normalized spacial score (nSPS) is 24.8. The van der Waals surface area contributed by atoms with Crippen molar-refractivity contribution in [3.05, 3.63) is 41.6 Å². The Morgan fingerprint density at radius 1 is 1.21 bits per heavy atom.